The summed E-state index contributed by atoms with van der Waals surface area (Å²) in [6.07, 6.45) is -1.41. The molecule has 0 aromatic heterocycles. The molecule has 0 aliphatic rings. The summed E-state index contributed by atoms with van der Waals surface area (Å²) in [5.74, 6) is 0. The van der Waals surface area contributed by atoms with Gasteiger partial charge in [0.25, 0.3) is 0 Å². The van der Waals surface area contributed by atoms with E-state index in [1.165, 1.54) is 0 Å². The molecule has 0 bridgehead atoms. The zero-order valence-corrected chi connectivity index (χ0v) is 8.66. The molecule has 0 saturated carbocycles. The lowest BCUT2D eigenvalue weighted by molar-refractivity contribution is -0.0801. The molecule has 0 saturated heterocycles. The molecule has 0 aromatic rings. The highest BCUT2D eigenvalue weighted by Gasteiger charge is 2.34. The van der Waals surface area contributed by atoms with Crippen LogP contribution in [-0.4, -0.2) is 61.2 Å². The second kappa shape index (κ2) is 7.23. The Kier molecular flexibility index (Phi) is 8.34. The Morgan fingerprint density at radius 2 is 1.27 bits per heavy atom. The summed E-state index contributed by atoms with van der Waals surface area (Å²) in [5, 5.41) is 34.5. The van der Waals surface area contributed by atoms with E-state index in [1.807, 2.05) is 0 Å². The molecule has 1 unspecified atom stereocenters. The molecule has 94 valence electrons. The van der Waals surface area contributed by atoms with E-state index in [0.717, 1.165) is 0 Å². The molecule has 0 rings (SSSR count). The molecule has 0 fully saturated rings. The Morgan fingerprint density at radius 1 is 1.07 bits per heavy atom. The standard InChI is InChI=1S/C5H13NO4.H3O4P/c6-4(10)5(1-7,2-8)3-9;1-5(2,3)4/h4,7-10H,1-3,6H2;(H3,1,2,3,4). The zero-order chi connectivity index (χ0) is 12.7. The van der Waals surface area contributed by atoms with Crippen molar-refractivity contribution >= 4 is 7.82 Å². The summed E-state index contributed by atoms with van der Waals surface area (Å²) < 4.78 is 8.88. The Morgan fingerprint density at radius 3 is 1.27 bits per heavy atom. The number of aliphatic hydroxyl groups excluding tert-OH is 4. The third-order valence-corrected chi connectivity index (χ3v) is 1.57. The Balaban J connectivity index is 0. The first-order valence-corrected chi connectivity index (χ1v) is 5.24. The van der Waals surface area contributed by atoms with Gasteiger partial charge in [-0.25, -0.2) is 4.57 Å². The van der Waals surface area contributed by atoms with Gasteiger partial charge < -0.3 is 40.8 Å². The molecule has 0 radical (unpaired) electrons. The van der Waals surface area contributed by atoms with Crippen LogP contribution in [0.1, 0.15) is 0 Å². The molecule has 0 aliphatic heterocycles. The predicted molar refractivity (Wildman–Crippen MR) is 48.1 cm³/mol. The van der Waals surface area contributed by atoms with Crippen molar-refractivity contribution in [2.45, 2.75) is 6.23 Å². The third-order valence-electron chi connectivity index (χ3n) is 1.57. The minimum absolute atomic E-state index is 0.544. The summed E-state index contributed by atoms with van der Waals surface area (Å²) in [4.78, 5) is 21.6. The van der Waals surface area contributed by atoms with Gasteiger partial charge in [0.2, 0.25) is 0 Å². The van der Waals surface area contributed by atoms with Gasteiger partial charge in [0.1, 0.15) is 6.23 Å². The van der Waals surface area contributed by atoms with Gasteiger partial charge in [-0.05, 0) is 0 Å². The van der Waals surface area contributed by atoms with Crippen LogP contribution >= 0.6 is 7.82 Å². The van der Waals surface area contributed by atoms with Crippen LogP contribution in [0.4, 0.5) is 0 Å². The average molecular weight is 249 g/mol. The highest BCUT2D eigenvalue weighted by Crippen LogP contribution is 2.25. The zero-order valence-electron chi connectivity index (χ0n) is 7.76. The van der Waals surface area contributed by atoms with Crippen molar-refractivity contribution in [3.05, 3.63) is 0 Å². The summed E-state index contributed by atoms with van der Waals surface area (Å²) in [7, 11) is -4.64. The van der Waals surface area contributed by atoms with Crippen LogP contribution in [0.25, 0.3) is 0 Å². The molecule has 10 heteroatoms. The van der Waals surface area contributed by atoms with Crippen LogP contribution in [-0.2, 0) is 4.57 Å². The maximum atomic E-state index is 8.88. The van der Waals surface area contributed by atoms with Crippen molar-refractivity contribution in [1.82, 2.24) is 0 Å². The first-order chi connectivity index (χ1) is 6.63. The van der Waals surface area contributed by atoms with Crippen LogP contribution in [0.5, 0.6) is 0 Å². The number of aliphatic hydroxyl groups is 4. The van der Waals surface area contributed by atoms with Crippen molar-refractivity contribution in [2.24, 2.45) is 11.1 Å². The van der Waals surface area contributed by atoms with E-state index in [4.69, 9.17) is 45.4 Å². The van der Waals surface area contributed by atoms with E-state index in [2.05, 4.69) is 0 Å². The fourth-order valence-electron chi connectivity index (χ4n) is 0.431. The molecule has 0 spiro atoms. The minimum atomic E-state index is -4.64. The molecule has 1 atom stereocenters. The maximum Gasteiger partial charge on any atom is 0.466 e. The third kappa shape index (κ3) is 8.88. The monoisotopic (exact) mass is 249 g/mol. The lowest BCUT2D eigenvalue weighted by Gasteiger charge is -2.29. The van der Waals surface area contributed by atoms with Gasteiger partial charge in [-0.2, -0.15) is 0 Å². The minimum Gasteiger partial charge on any atom is -0.395 e. The van der Waals surface area contributed by atoms with Gasteiger partial charge in [0, 0.05) is 0 Å². The van der Waals surface area contributed by atoms with Gasteiger partial charge in [-0.1, -0.05) is 0 Å². The molecule has 0 heterocycles. The molecule has 0 aromatic carbocycles. The SMILES string of the molecule is NC(O)C(CO)(CO)CO.O=P(O)(O)O. The topological polar surface area (TPSA) is 185 Å². The lowest BCUT2D eigenvalue weighted by atomic mass is 9.89. The number of nitrogens with two attached hydrogens (primary N) is 1. The van der Waals surface area contributed by atoms with Gasteiger partial charge in [-0.15, -0.1) is 0 Å². The number of hydrogen-bond acceptors (Lipinski definition) is 6. The molecule has 15 heavy (non-hydrogen) atoms. The maximum absolute atomic E-state index is 8.88. The van der Waals surface area contributed by atoms with Crippen molar-refractivity contribution in [1.29, 1.82) is 0 Å². The highest BCUT2D eigenvalue weighted by molar-refractivity contribution is 7.45. The highest BCUT2D eigenvalue weighted by atomic mass is 31.2. The van der Waals surface area contributed by atoms with E-state index >= 15 is 0 Å². The molecule has 9 N–H and O–H groups in total. The van der Waals surface area contributed by atoms with Crippen molar-refractivity contribution < 1.29 is 39.7 Å². The average Bonchev–Trinajstić information content (AvgIpc) is 2.05. The first kappa shape index (κ1) is 17.3. The van der Waals surface area contributed by atoms with Crippen LogP contribution in [0, 0.1) is 5.41 Å². The van der Waals surface area contributed by atoms with E-state index in [9.17, 15) is 0 Å². The molecule has 0 amide bonds. The fraction of sp³-hybridized carbons (Fsp3) is 1.00. The predicted octanol–water partition coefficient (Wildman–Crippen LogP) is -3.70. The largest absolute Gasteiger partial charge is 0.466 e. The normalized spacial score (nSPS) is 14.1. The summed E-state index contributed by atoms with van der Waals surface area (Å²) >= 11 is 0. The van der Waals surface area contributed by atoms with E-state index in [1.54, 1.807) is 0 Å². The van der Waals surface area contributed by atoms with E-state index < -0.39 is 39.3 Å². The quantitative estimate of drug-likeness (QED) is 0.183. The Bertz CT molecular complexity index is 183. The van der Waals surface area contributed by atoms with E-state index in [-0.39, 0.29) is 0 Å². The van der Waals surface area contributed by atoms with Crippen molar-refractivity contribution in [3.8, 4) is 0 Å². The second-order valence-electron chi connectivity index (χ2n) is 2.79. The molecule has 0 aliphatic carbocycles. The van der Waals surface area contributed by atoms with E-state index in [0.29, 0.717) is 0 Å². The van der Waals surface area contributed by atoms with Crippen molar-refractivity contribution in [2.75, 3.05) is 19.8 Å². The molecular formula is C5H16NO8P. The summed E-state index contributed by atoms with van der Waals surface area (Å²) in [6.45, 7) is -1.63. The number of hydrogen-bond donors (Lipinski definition) is 8. The van der Waals surface area contributed by atoms with Gasteiger partial charge in [-0.3, -0.25) is 0 Å². The first-order valence-electron chi connectivity index (χ1n) is 3.67. The van der Waals surface area contributed by atoms with Gasteiger partial charge in [0.05, 0.1) is 25.2 Å². The van der Waals surface area contributed by atoms with Crippen LogP contribution in [0.2, 0.25) is 0 Å². The lowest BCUT2D eigenvalue weighted by Crippen LogP contribution is -2.49. The Hall–Kier alpha value is -0.0900. The van der Waals surface area contributed by atoms with Crippen LogP contribution in [0.15, 0.2) is 0 Å². The molecular weight excluding hydrogens is 233 g/mol. The fourth-order valence-corrected chi connectivity index (χ4v) is 0.431. The second-order valence-corrected chi connectivity index (χ2v) is 3.82. The Labute approximate surface area is 85.7 Å². The number of rotatable bonds is 4. The summed E-state index contributed by atoms with van der Waals surface area (Å²) in [5.41, 5.74) is 3.60. The number of phosphoric acid groups is 1. The molecule has 9 nitrogen and oxygen atoms in total. The van der Waals surface area contributed by atoms with Gasteiger partial charge >= 0.3 is 7.82 Å². The van der Waals surface area contributed by atoms with Crippen molar-refractivity contribution in [3.63, 3.8) is 0 Å². The van der Waals surface area contributed by atoms with Crippen LogP contribution in [0.3, 0.4) is 0 Å². The summed E-state index contributed by atoms with van der Waals surface area (Å²) in [6, 6.07) is 0. The van der Waals surface area contributed by atoms with Crippen LogP contribution < -0.4 is 5.73 Å². The smallest absolute Gasteiger partial charge is 0.395 e. The van der Waals surface area contributed by atoms with Gasteiger partial charge in [0.15, 0.2) is 0 Å².